The number of Topliss-reactive ketones (excluding diaryl/α,β-unsaturated/α-hetero) is 1. The first-order valence-corrected chi connectivity index (χ1v) is 49.5. The van der Waals surface area contributed by atoms with Crippen LogP contribution in [0, 0.1) is 55.4 Å². The van der Waals surface area contributed by atoms with Gasteiger partial charge in [-0.3, -0.25) is 14.9 Å². The second kappa shape index (κ2) is 45.9. The topological polar surface area (TPSA) is 473 Å². The van der Waals surface area contributed by atoms with Crippen LogP contribution in [0.15, 0.2) is 379 Å². The van der Waals surface area contributed by atoms with Crippen molar-refractivity contribution in [1.82, 2.24) is 74.8 Å². The average Bonchev–Trinajstić information content (AvgIpc) is 0.787. The lowest BCUT2D eigenvalue weighted by atomic mass is 10.1. The number of alkyl halides is 3. The molecule has 30 nitrogen and oxygen atoms in total. The first-order valence-electron chi connectivity index (χ1n) is 45.7. The van der Waals surface area contributed by atoms with Gasteiger partial charge in [0.05, 0.1) is 42.5 Å². The number of primary sulfonamides is 1. The van der Waals surface area contributed by atoms with Crippen molar-refractivity contribution in [3.8, 4) is 205 Å². The zero-order chi connectivity index (χ0) is 106. The number of nitro groups is 1. The molecule has 7 N–H and O–H groups in total. The van der Waals surface area contributed by atoms with Gasteiger partial charge in [-0.1, -0.05) is 218 Å². The number of aromatic hydroxyl groups is 5. The molecule has 0 radical (unpaired) electrons. The Labute approximate surface area is 862 Å². The van der Waals surface area contributed by atoms with E-state index in [1.165, 1.54) is 43.3 Å². The number of carbonyl (C=O) groups is 1. The number of aromatic nitrogens is 15. The minimum atomic E-state index is -5.47. The highest BCUT2D eigenvalue weighted by atomic mass is 32.2. The Kier molecular flexibility index (Phi) is 31.7. The molecule has 0 saturated carbocycles. The van der Waals surface area contributed by atoms with Crippen molar-refractivity contribution in [2.75, 3.05) is 0 Å². The highest BCUT2D eigenvalue weighted by molar-refractivity contribution is 8.03. The summed E-state index contributed by atoms with van der Waals surface area (Å²) >= 11 is 1.10. The van der Waals surface area contributed by atoms with Crippen LogP contribution in [0.25, 0.3) is 171 Å². The SMILES string of the molecule is CC(=O)c1ccc(-c2nc(-c3ccccc3)nc(-c3ccc(C)cc3O)n2)cc1.Cc1ccc(-c2nc(-c3ccccc3)nc(-c3ccc(S(=O)(=O)C(F)(F)F)cc3)n2)c(O)c1.Cc1ccc(-c2nc(-c3ccccc3)nc(-c3ccc(S(N)(=O)=O)cc3)n2)c(O)c1.Cc1ccc(-c2nc(-c3ccccc3)nc(-c3ccc(SC#N)cc3)n2)c(O)c1.Cc1ccc(-c2nc(-c3ccccc3)nc(-c3ccc([N+](=O)[O-])cc3)n2)c(O)c1. The Hall–Kier alpha value is -19.1. The van der Waals surface area contributed by atoms with Gasteiger partial charge in [0.1, 0.15) is 34.1 Å². The Morgan fingerprint density at radius 3 is 0.707 bits per heavy atom. The third-order valence-electron chi connectivity index (χ3n) is 22.6. The molecule has 0 aliphatic carbocycles. The van der Waals surface area contributed by atoms with E-state index in [0.29, 0.717) is 120 Å². The van der Waals surface area contributed by atoms with Gasteiger partial charge in [-0.25, -0.2) is 96.7 Å². The standard InChI is InChI=1S/C24H19N3O2.C23H16F3N3O3S.C23H16N4OS.C22H18N4O3S.C22H16N4O3/c1-15-8-13-20(21(29)14-15)24-26-22(18-6-4-3-5-7-18)25-23(27-24)19-11-9-17(10-12-19)16(2)28;1-14-7-12-18(19(30)13-14)22-28-20(15-5-3-2-4-6-15)27-21(29-22)16-8-10-17(11-9-16)33(31,32)23(24,25)26;1-15-7-12-19(20(28)13-15)23-26-21(16-5-3-2-4-6-16)25-22(27-23)17-8-10-18(11-9-17)29-14-24;1-14-7-12-18(19(27)13-14)22-25-20(15-5-3-2-4-6-15)24-21(26-22)16-8-10-17(11-9-16)30(23,28)29;1-14-7-12-18(19(27)13-14)22-24-20(15-5-3-2-4-6-15)23-21(25-22)16-8-10-17(11-9-16)26(28)29/h3-14,29H,1-2H3;2-13,30H,1H3;2-13,28H,1H3;2-13,27H,1H3,(H2,23,28,29);2-13,27H,1H3. The lowest BCUT2D eigenvalue weighted by Crippen LogP contribution is -2.23. The minimum Gasteiger partial charge on any atom is -0.507 e. The van der Waals surface area contributed by atoms with Crippen molar-refractivity contribution >= 4 is 43.1 Å². The number of nitrogens with zero attached hydrogens (tertiary/aromatic N) is 17. The molecule has 0 aliphatic rings. The van der Waals surface area contributed by atoms with Gasteiger partial charge in [0.25, 0.3) is 15.5 Å². The zero-order valence-corrected chi connectivity index (χ0v) is 82.7. The number of sulfone groups is 1. The van der Waals surface area contributed by atoms with Crippen LogP contribution in [0.3, 0.4) is 0 Å². The lowest BCUT2D eigenvalue weighted by Gasteiger charge is -2.11. The molecule has 0 spiro atoms. The van der Waals surface area contributed by atoms with Gasteiger partial charge in [0.15, 0.2) is 93.1 Å². The van der Waals surface area contributed by atoms with E-state index >= 15 is 0 Å². The third kappa shape index (κ3) is 25.4. The molecule has 36 heteroatoms. The van der Waals surface area contributed by atoms with Crippen LogP contribution in [0.1, 0.15) is 45.1 Å². The number of non-ortho nitro benzene ring substituents is 1. The third-order valence-corrected chi connectivity index (χ3v) is 25.7. The molecule has 742 valence electrons. The second-order valence-corrected chi connectivity index (χ2v) is 38.0. The Morgan fingerprint density at radius 1 is 0.307 bits per heavy atom. The van der Waals surface area contributed by atoms with E-state index in [9.17, 15) is 70.4 Å². The molecule has 5 heterocycles. The largest absolute Gasteiger partial charge is 0.507 e. The maximum atomic E-state index is 12.8. The number of thiocyanates is 1. The van der Waals surface area contributed by atoms with Gasteiger partial charge in [0.2, 0.25) is 10.0 Å². The number of nitro benzene ring substituents is 1. The maximum absolute atomic E-state index is 12.8. The molecule has 20 rings (SSSR count). The molecule has 0 saturated heterocycles. The predicted octanol–water partition coefficient (Wildman–Crippen LogP) is 24.1. The lowest BCUT2D eigenvalue weighted by molar-refractivity contribution is -0.384. The quantitative estimate of drug-likeness (QED) is 0.0136. The highest BCUT2D eigenvalue weighted by Gasteiger charge is 2.47. The van der Waals surface area contributed by atoms with E-state index in [-0.39, 0.29) is 68.2 Å². The number of thioether (sulfide) groups is 1. The van der Waals surface area contributed by atoms with Crippen molar-refractivity contribution in [2.24, 2.45) is 5.14 Å². The number of nitrogens with two attached hydrogens (primary N) is 1. The number of halogens is 3. The van der Waals surface area contributed by atoms with E-state index in [2.05, 4.69) is 80.2 Å². The number of phenols is 5. The maximum Gasteiger partial charge on any atom is 0.501 e. The summed E-state index contributed by atoms with van der Waals surface area (Å²) in [4.78, 5) is 90.2. The summed E-state index contributed by atoms with van der Waals surface area (Å²) < 4.78 is 84.9. The van der Waals surface area contributed by atoms with Crippen molar-refractivity contribution in [3.63, 3.8) is 0 Å². The fourth-order valence-corrected chi connectivity index (χ4v) is 16.5. The number of hydrogen-bond donors (Lipinski definition) is 6. The molecular weight excluding hydrogens is 1970 g/mol. The van der Waals surface area contributed by atoms with Crippen molar-refractivity contribution < 1.29 is 65.3 Å². The number of rotatable bonds is 20. The molecule has 20 aromatic rings. The first kappa shape index (κ1) is 104. The van der Waals surface area contributed by atoms with E-state index in [0.717, 1.165) is 90.0 Å². The van der Waals surface area contributed by atoms with Gasteiger partial charge in [-0.15, -0.1) is 0 Å². The smallest absolute Gasteiger partial charge is 0.501 e. The molecule has 0 unspecified atom stereocenters. The summed E-state index contributed by atoms with van der Waals surface area (Å²) in [6.07, 6.45) is 0. The summed E-state index contributed by atoms with van der Waals surface area (Å²) in [5.74, 6) is 5.93. The van der Waals surface area contributed by atoms with Gasteiger partial charge in [-0.05, 0) is 215 Å². The predicted molar refractivity (Wildman–Crippen MR) is 565 cm³/mol. The summed E-state index contributed by atoms with van der Waals surface area (Å²) in [5, 5.41) is 79.1. The van der Waals surface area contributed by atoms with Crippen molar-refractivity contribution in [1.29, 1.82) is 5.26 Å². The minimum absolute atomic E-state index is 0.00000791. The van der Waals surface area contributed by atoms with Gasteiger partial charge in [-0.2, -0.15) is 18.4 Å². The second-order valence-electron chi connectivity index (χ2n) is 33.7. The van der Waals surface area contributed by atoms with Gasteiger partial charge < -0.3 is 25.5 Å². The summed E-state index contributed by atoms with van der Waals surface area (Å²) in [6, 6.07) is 104. The first-order chi connectivity index (χ1) is 72.0. The monoisotopic (exact) mass is 2050 g/mol. The number of benzene rings is 15. The molecule has 0 bridgehead atoms. The van der Waals surface area contributed by atoms with Gasteiger partial charge >= 0.3 is 5.51 Å². The number of aryl methyl sites for hydroxylation is 5. The fourth-order valence-electron chi connectivity index (χ4n) is 14.9. The van der Waals surface area contributed by atoms with Crippen LogP contribution >= 0.6 is 11.8 Å². The van der Waals surface area contributed by atoms with Crippen LogP contribution in [0.4, 0.5) is 18.9 Å². The van der Waals surface area contributed by atoms with E-state index in [1.807, 2.05) is 229 Å². The summed E-state index contributed by atoms with van der Waals surface area (Å²) in [5.41, 5.74) is 9.17. The highest BCUT2D eigenvalue weighted by Crippen LogP contribution is 2.40. The molecule has 5 aromatic heterocycles. The van der Waals surface area contributed by atoms with Crippen LogP contribution in [-0.2, 0) is 19.9 Å². The van der Waals surface area contributed by atoms with E-state index in [4.69, 9.17) is 10.4 Å². The Morgan fingerprint density at radius 2 is 0.507 bits per heavy atom. The average molecular weight is 2050 g/mol. The molecule has 150 heavy (non-hydrogen) atoms. The number of hydrogen-bond acceptors (Lipinski definition) is 29. The molecule has 0 fully saturated rings. The summed E-state index contributed by atoms with van der Waals surface area (Å²) in [7, 11) is -9.27. The number of sulfonamides is 1. The Bertz CT molecular complexity index is 8490. The zero-order valence-electron chi connectivity index (χ0n) is 80.3. The summed E-state index contributed by atoms with van der Waals surface area (Å²) in [6.45, 7) is 10.9. The fraction of sp³-hybridized carbons (Fsp3) is 0.0614. The number of ketones is 1. The normalized spacial score (nSPS) is 11.1. The molecule has 15 aromatic carbocycles. The number of nitriles is 1. The van der Waals surface area contributed by atoms with Crippen LogP contribution < -0.4 is 5.14 Å². The van der Waals surface area contributed by atoms with Gasteiger partial charge in [0, 0.05) is 78.2 Å². The molecule has 0 amide bonds. The van der Waals surface area contributed by atoms with Crippen LogP contribution in [0.5, 0.6) is 28.7 Å². The van der Waals surface area contributed by atoms with E-state index < -0.39 is 35.2 Å². The van der Waals surface area contributed by atoms with Crippen LogP contribution in [-0.4, -0.2) is 133 Å². The number of carbonyl (C=O) groups excluding carboxylic acids is 1. The van der Waals surface area contributed by atoms with Crippen LogP contribution in [0.2, 0.25) is 0 Å². The molecular formula is C114H85F3N18O12S3. The Balaban J connectivity index is 0.000000134. The molecule has 0 aliphatic heterocycles. The number of phenolic OH excluding ortho intramolecular Hbond substituents is 5. The van der Waals surface area contributed by atoms with Crippen molar-refractivity contribution in [3.05, 3.63) is 407 Å². The molecule has 0 atom stereocenters. The van der Waals surface area contributed by atoms with Crippen molar-refractivity contribution in [2.45, 2.75) is 61.7 Å². The van der Waals surface area contributed by atoms with E-state index in [1.54, 1.807) is 121 Å².